The van der Waals surface area contributed by atoms with Gasteiger partial charge in [-0.25, -0.2) is 4.98 Å². The van der Waals surface area contributed by atoms with Crippen LogP contribution in [0.3, 0.4) is 0 Å². The van der Waals surface area contributed by atoms with Gasteiger partial charge < -0.3 is 10.3 Å². The van der Waals surface area contributed by atoms with Crippen LogP contribution >= 0.6 is 0 Å². The van der Waals surface area contributed by atoms with E-state index in [1.54, 1.807) is 0 Å². The number of hydrogen-bond donors (Lipinski definition) is 1. The van der Waals surface area contributed by atoms with Gasteiger partial charge in [-0.05, 0) is 36.8 Å². The van der Waals surface area contributed by atoms with Crippen molar-refractivity contribution in [3.8, 4) is 0 Å². The maximum absolute atomic E-state index is 5.87. The van der Waals surface area contributed by atoms with E-state index in [4.69, 9.17) is 10.7 Å². The minimum absolute atomic E-state index is 0.358. The predicted octanol–water partition coefficient (Wildman–Crippen LogP) is 3.49. The third-order valence-corrected chi connectivity index (χ3v) is 3.63. The molecule has 0 spiro atoms. The van der Waals surface area contributed by atoms with Gasteiger partial charge in [0, 0.05) is 23.5 Å². The number of nitrogens with two attached hydrogens (primary N) is 1. The first-order valence-electron chi connectivity index (χ1n) is 7.22. The topological polar surface area (TPSA) is 56.7 Å². The quantitative estimate of drug-likeness (QED) is 0.747. The van der Waals surface area contributed by atoms with Crippen LogP contribution in [0.1, 0.15) is 36.8 Å². The lowest BCUT2D eigenvalue weighted by Gasteiger charge is -2.11. The van der Waals surface area contributed by atoms with E-state index in [0.29, 0.717) is 5.92 Å². The Morgan fingerprint density at radius 1 is 1.19 bits per heavy atom. The number of aromatic nitrogens is 3. The Labute approximate surface area is 124 Å². The average molecular weight is 280 g/mol. The van der Waals surface area contributed by atoms with Gasteiger partial charge in [0.15, 0.2) is 0 Å². The van der Waals surface area contributed by atoms with Gasteiger partial charge in [-0.2, -0.15) is 0 Å². The third kappa shape index (κ3) is 2.61. The summed E-state index contributed by atoms with van der Waals surface area (Å²) in [7, 11) is 0. The average Bonchev–Trinajstić information content (AvgIpc) is 2.79. The van der Waals surface area contributed by atoms with E-state index in [0.717, 1.165) is 34.8 Å². The zero-order chi connectivity index (χ0) is 15.0. The maximum Gasteiger partial charge on any atom is 0.112 e. The maximum atomic E-state index is 5.87. The SMILES string of the molecule is Cc1ccc(Cn2c(C(C)C)nc3cc(N)ccc32)cn1. The van der Waals surface area contributed by atoms with Crippen molar-refractivity contribution in [3.63, 3.8) is 0 Å². The zero-order valence-corrected chi connectivity index (χ0v) is 12.7. The van der Waals surface area contributed by atoms with Gasteiger partial charge in [0.2, 0.25) is 0 Å². The second-order valence-electron chi connectivity index (χ2n) is 5.77. The van der Waals surface area contributed by atoms with Crippen molar-refractivity contribution in [2.75, 3.05) is 5.73 Å². The summed E-state index contributed by atoms with van der Waals surface area (Å²) in [5.74, 6) is 1.44. The molecule has 4 nitrogen and oxygen atoms in total. The highest BCUT2D eigenvalue weighted by Gasteiger charge is 2.14. The van der Waals surface area contributed by atoms with Gasteiger partial charge in [0.1, 0.15) is 5.82 Å². The van der Waals surface area contributed by atoms with Crippen molar-refractivity contribution in [1.82, 2.24) is 14.5 Å². The zero-order valence-electron chi connectivity index (χ0n) is 12.7. The Hall–Kier alpha value is -2.36. The number of aryl methyl sites for hydroxylation is 1. The lowest BCUT2D eigenvalue weighted by molar-refractivity contribution is 0.682. The molecule has 0 atom stereocenters. The summed E-state index contributed by atoms with van der Waals surface area (Å²) in [6.07, 6.45) is 1.93. The van der Waals surface area contributed by atoms with E-state index in [-0.39, 0.29) is 0 Å². The van der Waals surface area contributed by atoms with E-state index in [1.807, 2.05) is 37.4 Å². The molecule has 2 N–H and O–H groups in total. The first kappa shape index (κ1) is 13.6. The summed E-state index contributed by atoms with van der Waals surface area (Å²) in [6, 6.07) is 10.1. The molecule has 3 rings (SSSR count). The van der Waals surface area contributed by atoms with Crippen molar-refractivity contribution in [2.24, 2.45) is 0 Å². The molecule has 108 valence electrons. The standard InChI is InChI=1S/C17H20N4/c1-11(2)17-20-15-8-14(18)6-7-16(15)21(17)10-13-5-4-12(3)19-9-13/h4-9,11H,10,18H2,1-3H3. The molecular formula is C17H20N4. The molecular weight excluding hydrogens is 260 g/mol. The molecule has 4 heteroatoms. The summed E-state index contributed by atoms with van der Waals surface area (Å²) in [4.78, 5) is 9.12. The van der Waals surface area contributed by atoms with Crippen molar-refractivity contribution in [1.29, 1.82) is 0 Å². The van der Waals surface area contributed by atoms with Crippen LogP contribution in [0, 0.1) is 6.92 Å². The van der Waals surface area contributed by atoms with Crippen LogP contribution in [-0.4, -0.2) is 14.5 Å². The number of anilines is 1. The molecule has 0 unspecified atom stereocenters. The van der Waals surface area contributed by atoms with Gasteiger partial charge in [0.05, 0.1) is 17.6 Å². The van der Waals surface area contributed by atoms with Gasteiger partial charge >= 0.3 is 0 Å². The summed E-state index contributed by atoms with van der Waals surface area (Å²) < 4.78 is 2.26. The number of fused-ring (bicyclic) bond motifs is 1. The summed E-state index contributed by atoms with van der Waals surface area (Å²) in [5.41, 5.74) is 10.9. The molecule has 0 saturated heterocycles. The monoisotopic (exact) mass is 280 g/mol. The third-order valence-electron chi connectivity index (χ3n) is 3.63. The highest BCUT2D eigenvalue weighted by atomic mass is 15.1. The Bertz CT molecular complexity index is 769. The van der Waals surface area contributed by atoms with Crippen LogP contribution in [0.2, 0.25) is 0 Å². The van der Waals surface area contributed by atoms with Crippen LogP contribution in [0.15, 0.2) is 36.5 Å². The lowest BCUT2D eigenvalue weighted by Crippen LogP contribution is -2.07. The van der Waals surface area contributed by atoms with Crippen molar-refractivity contribution >= 4 is 16.7 Å². The minimum atomic E-state index is 0.358. The van der Waals surface area contributed by atoms with Gasteiger partial charge in [-0.15, -0.1) is 0 Å². The highest BCUT2D eigenvalue weighted by Crippen LogP contribution is 2.24. The van der Waals surface area contributed by atoms with E-state index in [9.17, 15) is 0 Å². The van der Waals surface area contributed by atoms with Crippen molar-refractivity contribution in [2.45, 2.75) is 33.2 Å². The second-order valence-corrected chi connectivity index (χ2v) is 5.77. The van der Waals surface area contributed by atoms with Crippen molar-refractivity contribution in [3.05, 3.63) is 53.6 Å². The number of rotatable bonds is 3. The van der Waals surface area contributed by atoms with Gasteiger partial charge in [-0.1, -0.05) is 19.9 Å². The Balaban J connectivity index is 2.10. The fourth-order valence-electron chi connectivity index (χ4n) is 2.55. The van der Waals surface area contributed by atoms with Crippen LogP contribution < -0.4 is 5.73 Å². The first-order valence-corrected chi connectivity index (χ1v) is 7.22. The molecule has 0 bridgehead atoms. The number of benzene rings is 1. The summed E-state index contributed by atoms with van der Waals surface area (Å²) >= 11 is 0. The van der Waals surface area contributed by atoms with E-state index in [2.05, 4.69) is 29.5 Å². The second kappa shape index (κ2) is 5.20. The molecule has 2 heterocycles. The van der Waals surface area contributed by atoms with E-state index >= 15 is 0 Å². The largest absolute Gasteiger partial charge is 0.399 e. The van der Waals surface area contributed by atoms with Gasteiger partial charge in [0.25, 0.3) is 0 Å². The normalized spacial score (nSPS) is 11.4. The fourth-order valence-corrected chi connectivity index (χ4v) is 2.55. The Morgan fingerprint density at radius 3 is 2.67 bits per heavy atom. The van der Waals surface area contributed by atoms with E-state index < -0.39 is 0 Å². The minimum Gasteiger partial charge on any atom is -0.399 e. The van der Waals surface area contributed by atoms with Gasteiger partial charge in [-0.3, -0.25) is 4.98 Å². The number of hydrogen-bond acceptors (Lipinski definition) is 3. The molecule has 0 radical (unpaired) electrons. The smallest absolute Gasteiger partial charge is 0.112 e. The molecule has 1 aromatic carbocycles. The first-order chi connectivity index (χ1) is 10.0. The molecule has 2 aromatic heterocycles. The predicted molar refractivity (Wildman–Crippen MR) is 86.3 cm³/mol. The molecule has 0 amide bonds. The van der Waals surface area contributed by atoms with Crippen LogP contribution in [0.5, 0.6) is 0 Å². The molecule has 0 aliphatic rings. The molecule has 0 fully saturated rings. The Morgan fingerprint density at radius 2 is 2.00 bits per heavy atom. The Kier molecular flexibility index (Phi) is 3.37. The summed E-state index contributed by atoms with van der Waals surface area (Å²) in [6.45, 7) is 7.10. The molecule has 0 saturated carbocycles. The number of imidazole rings is 1. The van der Waals surface area contributed by atoms with Crippen molar-refractivity contribution < 1.29 is 0 Å². The van der Waals surface area contributed by atoms with E-state index in [1.165, 1.54) is 5.56 Å². The summed E-state index contributed by atoms with van der Waals surface area (Å²) in [5, 5.41) is 0. The van der Waals surface area contributed by atoms with Crippen LogP contribution in [0.4, 0.5) is 5.69 Å². The number of nitrogen functional groups attached to an aromatic ring is 1. The molecule has 0 aliphatic heterocycles. The molecule has 3 aromatic rings. The number of pyridine rings is 1. The highest BCUT2D eigenvalue weighted by molar-refractivity contribution is 5.79. The fraction of sp³-hybridized carbons (Fsp3) is 0.294. The lowest BCUT2D eigenvalue weighted by atomic mass is 10.2. The molecule has 21 heavy (non-hydrogen) atoms. The molecule has 0 aliphatic carbocycles. The van der Waals surface area contributed by atoms with Crippen LogP contribution in [-0.2, 0) is 6.54 Å². The van der Waals surface area contributed by atoms with Crippen LogP contribution in [0.25, 0.3) is 11.0 Å². The number of nitrogens with zero attached hydrogens (tertiary/aromatic N) is 3.